The number of benzene rings is 2. The fourth-order valence-electron chi connectivity index (χ4n) is 4.59. The molecule has 4 atom stereocenters. The molecule has 0 spiro atoms. The van der Waals surface area contributed by atoms with Crippen LogP contribution in [0.15, 0.2) is 48.5 Å². The first-order valence-electron chi connectivity index (χ1n) is 11.4. The minimum atomic E-state index is -0.732. The quantitative estimate of drug-likeness (QED) is 0.694. The topological polar surface area (TPSA) is 71.0 Å². The number of hydrogen-bond donors (Lipinski definition) is 2. The number of β-amino-alcohol motifs (C(OH)–C–C–N with tert-alkyl or cyclic N) is 1. The Kier molecular flexibility index (Phi) is 8.03. The first-order valence-corrected chi connectivity index (χ1v) is 11.4. The highest BCUT2D eigenvalue weighted by atomic mass is 19.1. The minimum absolute atomic E-state index is 0.0804. The van der Waals surface area contributed by atoms with Gasteiger partial charge in [-0.25, -0.2) is 8.78 Å². The molecule has 2 aromatic carbocycles. The molecule has 0 radical (unpaired) electrons. The molecule has 2 saturated heterocycles. The lowest BCUT2D eigenvalue weighted by atomic mass is 9.94. The highest BCUT2D eigenvalue weighted by Crippen LogP contribution is 2.29. The molecule has 0 unspecified atom stereocenters. The van der Waals surface area contributed by atoms with Gasteiger partial charge in [-0.1, -0.05) is 30.3 Å². The van der Waals surface area contributed by atoms with Crippen LogP contribution < -0.4 is 5.32 Å². The average molecular weight is 461 g/mol. The van der Waals surface area contributed by atoms with Gasteiger partial charge in [0.2, 0.25) is 5.91 Å². The molecule has 178 valence electrons. The number of aliphatic hydroxyl groups is 1. The maximum absolute atomic E-state index is 14.3. The van der Waals surface area contributed by atoms with Crippen molar-refractivity contribution in [2.45, 2.75) is 56.7 Å². The van der Waals surface area contributed by atoms with Gasteiger partial charge in [0.15, 0.2) is 0 Å². The van der Waals surface area contributed by atoms with Crippen LogP contribution in [0.1, 0.15) is 30.4 Å². The molecule has 33 heavy (non-hydrogen) atoms. The van der Waals surface area contributed by atoms with Crippen molar-refractivity contribution in [2.24, 2.45) is 0 Å². The van der Waals surface area contributed by atoms with Crippen LogP contribution in [0.4, 0.5) is 8.78 Å². The summed E-state index contributed by atoms with van der Waals surface area (Å²) in [7, 11) is 0. The third-order valence-electron chi connectivity index (χ3n) is 6.21. The lowest BCUT2D eigenvalue weighted by Crippen LogP contribution is -2.55. The van der Waals surface area contributed by atoms with E-state index in [1.165, 1.54) is 6.07 Å². The molecule has 2 fully saturated rings. The third-order valence-corrected chi connectivity index (χ3v) is 6.21. The number of aliphatic hydroxyl groups excluding tert-OH is 1. The molecule has 2 aliphatic heterocycles. The number of halogens is 2. The van der Waals surface area contributed by atoms with Crippen molar-refractivity contribution in [3.8, 4) is 0 Å². The number of amides is 1. The summed E-state index contributed by atoms with van der Waals surface area (Å²) in [6.07, 6.45) is 0.297. The van der Waals surface area contributed by atoms with Gasteiger partial charge in [-0.3, -0.25) is 9.69 Å². The first-order chi connectivity index (χ1) is 16.0. The van der Waals surface area contributed by atoms with Gasteiger partial charge >= 0.3 is 0 Å². The van der Waals surface area contributed by atoms with Crippen LogP contribution in [-0.2, 0) is 27.4 Å². The van der Waals surface area contributed by atoms with Crippen molar-refractivity contribution in [3.05, 3.63) is 71.3 Å². The third kappa shape index (κ3) is 6.57. The van der Waals surface area contributed by atoms with E-state index in [1.54, 1.807) is 0 Å². The Morgan fingerprint density at radius 3 is 2.76 bits per heavy atom. The van der Waals surface area contributed by atoms with Crippen LogP contribution in [0, 0.1) is 11.6 Å². The SMILES string of the molecule is O=C(C[C@@H]1CC[C@@H]2[C@H](COC[C@H](O)CN2Cc2cc(F)ccc2F)O1)NCc1ccccc1. The number of ether oxygens (including phenoxy) is 2. The molecule has 0 aliphatic carbocycles. The fraction of sp³-hybridized carbons (Fsp3) is 0.480. The van der Waals surface area contributed by atoms with E-state index in [9.17, 15) is 18.7 Å². The maximum Gasteiger partial charge on any atom is 0.222 e. The van der Waals surface area contributed by atoms with E-state index >= 15 is 0 Å². The predicted molar refractivity (Wildman–Crippen MR) is 118 cm³/mol. The molecule has 8 heteroatoms. The smallest absolute Gasteiger partial charge is 0.222 e. The normalized spacial score (nSPS) is 26.2. The van der Waals surface area contributed by atoms with Crippen molar-refractivity contribution in [3.63, 3.8) is 0 Å². The average Bonchev–Trinajstić information content (AvgIpc) is 2.79. The zero-order chi connectivity index (χ0) is 23.2. The van der Waals surface area contributed by atoms with E-state index < -0.39 is 17.7 Å². The molecule has 0 bridgehead atoms. The number of carbonyl (C=O) groups excluding carboxylic acids is 1. The molecule has 4 rings (SSSR count). The van der Waals surface area contributed by atoms with E-state index in [4.69, 9.17) is 9.47 Å². The van der Waals surface area contributed by atoms with Crippen LogP contribution in [0.25, 0.3) is 0 Å². The second kappa shape index (κ2) is 11.2. The van der Waals surface area contributed by atoms with Crippen molar-refractivity contribution in [1.29, 1.82) is 0 Å². The largest absolute Gasteiger partial charge is 0.389 e. The van der Waals surface area contributed by atoms with Gasteiger partial charge in [-0.2, -0.15) is 0 Å². The molecule has 2 aromatic rings. The Hall–Kier alpha value is -2.39. The maximum atomic E-state index is 14.3. The molecule has 2 aliphatic rings. The zero-order valence-electron chi connectivity index (χ0n) is 18.5. The molecule has 0 saturated carbocycles. The molecule has 6 nitrogen and oxygen atoms in total. The second-order valence-corrected chi connectivity index (χ2v) is 8.76. The summed E-state index contributed by atoms with van der Waals surface area (Å²) in [4.78, 5) is 14.4. The molecular weight excluding hydrogens is 430 g/mol. The van der Waals surface area contributed by atoms with Gasteiger partial charge in [0.25, 0.3) is 0 Å². The summed E-state index contributed by atoms with van der Waals surface area (Å²) in [5.41, 5.74) is 1.27. The Labute approximate surface area is 192 Å². The van der Waals surface area contributed by atoms with Crippen LogP contribution >= 0.6 is 0 Å². The van der Waals surface area contributed by atoms with Gasteiger partial charge in [0.05, 0.1) is 37.9 Å². The van der Waals surface area contributed by atoms with Crippen LogP contribution in [0.5, 0.6) is 0 Å². The van der Waals surface area contributed by atoms with Crippen LogP contribution in [0.2, 0.25) is 0 Å². The lowest BCUT2D eigenvalue weighted by Gasteiger charge is -2.44. The first kappa shape index (κ1) is 23.8. The predicted octanol–water partition coefficient (Wildman–Crippen LogP) is 2.78. The molecule has 2 N–H and O–H groups in total. The van der Waals surface area contributed by atoms with Crippen molar-refractivity contribution in [2.75, 3.05) is 19.8 Å². The van der Waals surface area contributed by atoms with Crippen molar-refractivity contribution < 1.29 is 28.2 Å². The number of rotatable bonds is 6. The van der Waals surface area contributed by atoms with Gasteiger partial charge in [0.1, 0.15) is 11.6 Å². The Bertz CT molecular complexity index is 930. The second-order valence-electron chi connectivity index (χ2n) is 8.76. The summed E-state index contributed by atoms with van der Waals surface area (Å²) in [6, 6.07) is 13.0. The van der Waals surface area contributed by atoms with Crippen LogP contribution in [0.3, 0.4) is 0 Å². The molecule has 2 heterocycles. The molecule has 0 aromatic heterocycles. The number of nitrogens with zero attached hydrogens (tertiary/aromatic N) is 1. The summed E-state index contributed by atoms with van der Waals surface area (Å²) < 4.78 is 39.8. The summed E-state index contributed by atoms with van der Waals surface area (Å²) in [5, 5.41) is 13.2. The summed E-state index contributed by atoms with van der Waals surface area (Å²) in [6.45, 7) is 1.30. The minimum Gasteiger partial charge on any atom is -0.389 e. The van der Waals surface area contributed by atoms with Gasteiger partial charge in [-0.15, -0.1) is 0 Å². The van der Waals surface area contributed by atoms with E-state index in [2.05, 4.69) is 5.32 Å². The Balaban J connectivity index is 1.37. The van der Waals surface area contributed by atoms with E-state index in [0.717, 1.165) is 17.7 Å². The van der Waals surface area contributed by atoms with Crippen molar-refractivity contribution in [1.82, 2.24) is 10.2 Å². The zero-order valence-corrected chi connectivity index (χ0v) is 18.5. The number of fused-ring (bicyclic) bond motifs is 1. The monoisotopic (exact) mass is 460 g/mol. The van der Waals surface area contributed by atoms with E-state index in [1.807, 2.05) is 35.2 Å². The van der Waals surface area contributed by atoms with Gasteiger partial charge < -0.3 is 19.9 Å². The highest BCUT2D eigenvalue weighted by Gasteiger charge is 2.38. The lowest BCUT2D eigenvalue weighted by molar-refractivity contribution is -0.158. The van der Waals surface area contributed by atoms with Crippen molar-refractivity contribution >= 4 is 5.91 Å². The van der Waals surface area contributed by atoms with Crippen LogP contribution in [-0.4, -0.2) is 60.0 Å². The molecular formula is C25H30F2N2O4. The fourth-order valence-corrected chi connectivity index (χ4v) is 4.59. The van der Waals surface area contributed by atoms with E-state index in [-0.39, 0.29) is 62.4 Å². The summed E-state index contributed by atoms with van der Waals surface area (Å²) >= 11 is 0. The van der Waals surface area contributed by atoms with Gasteiger partial charge in [0, 0.05) is 31.2 Å². The number of carbonyl (C=O) groups is 1. The van der Waals surface area contributed by atoms with Gasteiger partial charge in [-0.05, 0) is 36.6 Å². The number of nitrogens with one attached hydrogen (secondary N) is 1. The summed E-state index contributed by atoms with van der Waals surface area (Å²) in [5.74, 6) is -1.06. The highest BCUT2D eigenvalue weighted by molar-refractivity contribution is 5.76. The Morgan fingerprint density at radius 2 is 1.94 bits per heavy atom. The standard InChI is InChI=1S/C25H30F2N2O4/c26-19-6-8-22(27)18(10-19)13-29-14-20(30)15-32-16-24-23(29)9-7-21(33-24)11-25(31)28-12-17-4-2-1-3-5-17/h1-6,8,10,20-21,23-24,30H,7,9,11-16H2,(H,28,31)/t20-,21+,23-,24+/m1/s1. The van der Waals surface area contributed by atoms with E-state index in [0.29, 0.717) is 19.4 Å². The number of hydrogen-bond acceptors (Lipinski definition) is 5. The Morgan fingerprint density at radius 1 is 1.12 bits per heavy atom. The molecule has 1 amide bonds.